The van der Waals surface area contributed by atoms with Crippen molar-refractivity contribution in [2.45, 2.75) is 36.7 Å². The zero-order chi connectivity index (χ0) is 14.9. The lowest BCUT2D eigenvalue weighted by Crippen LogP contribution is -2.48. The Bertz CT molecular complexity index is 654. The molecule has 7 heteroatoms. The SMILES string of the molecule is C[C@@H]1C[C@@H](N)CCN1S(=O)(=O)c1ccc(C#N)c(Cl)c1. The van der Waals surface area contributed by atoms with Gasteiger partial charge in [-0.3, -0.25) is 0 Å². The number of benzene rings is 1. The van der Waals surface area contributed by atoms with Crippen LogP contribution in [0.2, 0.25) is 5.02 Å². The number of nitrogens with zero attached hydrogens (tertiary/aromatic N) is 2. The second kappa shape index (κ2) is 5.70. The van der Waals surface area contributed by atoms with Crippen LogP contribution in [0.3, 0.4) is 0 Å². The molecule has 0 aromatic heterocycles. The fourth-order valence-electron chi connectivity index (χ4n) is 2.43. The van der Waals surface area contributed by atoms with Crippen molar-refractivity contribution in [3.63, 3.8) is 0 Å². The van der Waals surface area contributed by atoms with Gasteiger partial charge in [0.15, 0.2) is 0 Å². The van der Waals surface area contributed by atoms with E-state index in [1.54, 1.807) is 0 Å². The van der Waals surface area contributed by atoms with Crippen LogP contribution in [-0.2, 0) is 10.0 Å². The van der Waals surface area contributed by atoms with Gasteiger partial charge in [-0.05, 0) is 38.0 Å². The molecule has 0 aliphatic carbocycles. The van der Waals surface area contributed by atoms with Gasteiger partial charge in [-0.15, -0.1) is 0 Å². The molecule has 0 saturated carbocycles. The van der Waals surface area contributed by atoms with Gasteiger partial charge >= 0.3 is 0 Å². The summed E-state index contributed by atoms with van der Waals surface area (Å²) < 4.78 is 26.7. The molecule has 1 saturated heterocycles. The third-order valence-electron chi connectivity index (χ3n) is 3.52. The van der Waals surface area contributed by atoms with E-state index in [4.69, 9.17) is 22.6 Å². The van der Waals surface area contributed by atoms with Crippen molar-refractivity contribution in [1.29, 1.82) is 5.26 Å². The van der Waals surface area contributed by atoms with Crippen LogP contribution >= 0.6 is 11.6 Å². The highest BCUT2D eigenvalue weighted by Crippen LogP contribution is 2.27. The Labute approximate surface area is 124 Å². The number of rotatable bonds is 2. The minimum atomic E-state index is -3.60. The number of halogens is 1. The molecule has 2 rings (SSSR count). The molecule has 1 aromatic carbocycles. The Kier molecular flexibility index (Phi) is 4.35. The van der Waals surface area contributed by atoms with Gasteiger partial charge in [-0.2, -0.15) is 9.57 Å². The standard InChI is InChI=1S/C13H16ClN3O2S/c1-9-6-11(16)4-5-17(9)20(18,19)12-3-2-10(8-15)13(14)7-12/h2-3,7,9,11H,4-6,16H2,1H3/t9-,11+/m1/s1. The first kappa shape index (κ1) is 15.3. The van der Waals surface area contributed by atoms with Crippen molar-refractivity contribution in [2.75, 3.05) is 6.54 Å². The molecule has 2 atom stereocenters. The lowest BCUT2D eigenvalue weighted by Gasteiger charge is -2.35. The zero-order valence-corrected chi connectivity index (χ0v) is 12.7. The maximum atomic E-state index is 12.6. The first-order valence-electron chi connectivity index (χ1n) is 6.33. The molecule has 1 aliphatic heterocycles. The minimum Gasteiger partial charge on any atom is -0.328 e. The summed E-state index contributed by atoms with van der Waals surface area (Å²) in [5.74, 6) is 0. The summed E-state index contributed by atoms with van der Waals surface area (Å²) in [5.41, 5.74) is 6.12. The topological polar surface area (TPSA) is 87.2 Å². The molecule has 1 heterocycles. The molecule has 0 bridgehead atoms. The van der Waals surface area contributed by atoms with Gasteiger partial charge in [0.1, 0.15) is 6.07 Å². The third kappa shape index (κ3) is 2.81. The first-order valence-corrected chi connectivity index (χ1v) is 8.15. The van der Waals surface area contributed by atoms with Gasteiger partial charge in [-0.1, -0.05) is 11.6 Å². The number of nitriles is 1. The lowest BCUT2D eigenvalue weighted by atomic mass is 10.0. The smallest absolute Gasteiger partial charge is 0.243 e. The molecule has 20 heavy (non-hydrogen) atoms. The summed E-state index contributed by atoms with van der Waals surface area (Å²) in [6.45, 7) is 2.25. The van der Waals surface area contributed by atoms with E-state index < -0.39 is 10.0 Å². The molecule has 5 nitrogen and oxygen atoms in total. The van der Waals surface area contributed by atoms with E-state index in [9.17, 15) is 8.42 Å². The number of nitrogens with two attached hydrogens (primary N) is 1. The van der Waals surface area contributed by atoms with E-state index in [0.29, 0.717) is 19.4 Å². The number of sulfonamides is 1. The van der Waals surface area contributed by atoms with Gasteiger partial charge in [0.2, 0.25) is 10.0 Å². The highest BCUT2D eigenvalue weighted by Gasteiger charge is 2.33. The van der Waals surface area contributed by atoms with Crippen molar-refractivity contribution in [1.82, 2.24) is 4.31 Å². The maximum Gasteiger partial charge on any atom is 0.243 e. The molecular weight excluding hydrogens is 298 g/mol. The second-order valence-corrected chi connectivity index (χ2v) is 7.30. The van der Waals surface area contributed by atoms with Gasteiger partial charge < -0.3 is 5.73 Å². The predicted molar refractivity (Wildman–Crippen MR) is 76.7 cm³/mol. The van der Waals surface area contributed by atoms with Crippen LogP contribution < -0.4 is 5.73 Å². The predicted octanol–water partition coefficient (Wildman–Crippen LogP) is 1.71. The second-order valence-electron chi connectivity index (χ2n) is 5.00. The van der Waals surface area contributed by atoms with E-state index in [2.05, 4.69) is 0 Å². The molecule has 0 amide bonds. The van der Waals surface area contributed by atoms with Crippen molar-refractivity contribution in [3.05, 3.63) is 28.8 Å². The molecule has 0 unspecified atom stereocenters. The van der Waals surface area contributed by atoms with Crippen molar-refractivity contribution in [3.8, 4) is 6.07 Å². The summed E-state index contributed by atoms with van der Waals surface area (Å²) in [5, 5.41) is 8.97. The minimum absolute atomic E-state index is 0.0426. The molecule has 1 aromatic rings. The molecule has 1 fully saturated rings. The Morgan fingerprint density at radius 2 is 2.20 bits per heavy atom. The van der Waals surface area contributed by atoms with Gasteiger partial charge in [0, 0.05) is 18.6 Å². The van der Waals surface area contributed by atoms with E-state index >= 15 is 0 Å². The average Bonchev–Trinajstić information content (AvgIpc) is 2.38. The van der Waals surface area contributed by atoms with E-state index in [-0.39, 0.29) is 27.6 Å². The summed E-state index contributed by atoms with van der Waals surface area (Å²) in [6.07, 6.45) is 1.29. The fourth-order valence-corrected chi connectivity index (χ4v) is 4.40. The molecule has 0 spiro atoms. The molecule has 2 N–H and O–H groups in total. The Morgan fingerprint density at radius 3 is 2.75 bits per heavy atom. The zero-order valence-electron chi connectivity index (χ0n) is 11.1. The number of hydrogen-bond acceptors (Lipinski definition) is 4. The van der Waals surface area contributed by atoms with Crippen LogP contribution in [0.1, 0.15) is 25.3 Å². The molecular formula is C13H16ClN3O2S. The average molecular weight is 314 g/mol. The van der Waals surface area contributed by atoms with E-state index in [1.807, 2.05) is 13.0 Å². The summed E-state index contributed by atoms with van der Waals surface area (Å²) >= 11 is 5.91. The van der Waals surface area contributed by atoms with Gasteiger partial charge in [-0.25, -0.2) is 8.42 Å². The van der Waals surface area contributed by atoms with Crippen molar-refractivity contribution in [2.24, 2.45) is 5.73 Å². The normalized spacial score (nSPS) is 24.3. The van der Waals surface area contributed by atoms with Crippen molar-refractivity contribution < 1.29 is 8.42 Å². The highest BCUT2D eigenvalue weighted by atomic mass is 35.5. The summed E-state index contributed by atoms with van der Waals surface area (Å²) in [7, 11) is -3.60. The fraction of sp³-hybridized carbons (Fsp3) is 0.462. The van der Waals surface area contributed by atoms with Crippen molar-refractivity contribution >= 4 is 21.6 Å². The Hall–Kier alpha value is -1.13. The van der Waals surface area contributed by atoms with E-state index in [1.165, 1.54) is 22.5 Å². The van der Waals surface area contributed by atoms with Crippen LogP contribution in [0.15, 0.2) is 23.1 Å². The highest BCUT2D eigenvalue weighted by molar-refractivity contribution is 7.89. The van der Waals surface area contributed by atoms with Crippen LogP contribution in [0.5, 0.6) is 0 Å². The maximum absolute atomic E-state index is 12.6. The lowest BCUT2D eigenvalue weighted by molar-refractivity contribution is 0.247. The van der Waals surface area contributed by atoms with E-state index in [0.717, 1.165) is 0 Å². The molecule has 0 radical (unpaired) electrons. The van der Waals surface area contributed by atoms with Gasteiger partial charge in [0.05, 0.1) is 15.5 Å². The van der Waals surface area contributed by atoms with Crippen LogP contribution in [0, 0.1) is 11.3 Å². The first-order chi connectivity index (χ1) is 9.36. The quantitative estimate of drug-likeness (QED) is 0.900. The number of piperidine rings is 1. The number of hydrogen-bond donors (Lipinski definition) is 1. The molecule has 1 aliphatic rings. The summed E-state index contributed by atoms with van der Waals surface area (Å²) in [4.78, 5) is 0.115. The Morgan fingerprint density at radius 1 is 1.50 bits per heavy atom. The summed E-state index contributed by atoms with van der Waals surface area (Å²) in [6, 6.07) is 5.99. The monoisotopic (exact) mass is 313 g/mol. The Balaban J connectivity index is 2.36. The van der Waals surface area contributed by atoms with Crippen LogP contribution in [0.25, 0.3) is 0 Å². The van der Waals surface area contributed by atoms with Crippen LogP contribution in [0.4, 0.5) is 0 Å². The largest absolute Gasteiger partial charge is 0.328 e. The van der Waals surface area contributed by atoms with Crippen LogP contribution in [-0.4, -0.2) is 31.4 Å². The van der Waals surface area contributed by atoms with Gasteiger partial charge in [0.25, 0.3) is 0 Å². The third-order valence-corrected chi connectivity index (χ3v) is 5.85. The molecule has 108 valence electrons.